The van der Waals surface area contributed by atoms with Crippen molar-refractivity contribution in [3.05, 3.63) is 47.8 Å². The number of carbonyl (C=O) groups excluding carboxylic acids is 1. The number of pyridine rings is 1. The lowest BCUT2D eigenvalue weighted by Gasteiger charge is -2.19. The van der Waals surface area contributed by atoms with Crippen molar-refractivity contribution in [3.8, 4) is 0 Å². The minimum Gasteiger partial charge on any atom is -0.397 e. The molecule has 162 valence electrons. The van der Waals surface area contributed by atoms with Crippen LogP contribution in [0.2, 0.25) is 0 Å². The molecule has 3 rings (SSSR count). The summed E-state index contributed by atoms with van der Waals surface area (Å²) < 4.78 is 68.8. The van der Waals surface area contributed by atoms with Gasteiger partial charge in [0.15, 0.2) is 5.69 Å². The van der Waals surface area contributed by atoms with E-state index in [1.807, 2.05) is 0 Å². The fourth-order valence-corrected chi connectivity index (χ4v) is 4.61. The number of nitrogens with two attached hydrogens (primary N) is 1. The average molecular weight is 443 g/mol. The van der Waals surface area contributed by atoms with Gasteiger partial charge in [-0.15, -0.1) is 0 Å². The minimum atomic E-state index is -4.58. The zero-order valence-electron chi connectivity index (χ0n) is 15.9. The van der Waals surface area contributed by atoms with E-state index in [1.165, 1.54) is 0 Å². The number of anilines is 1. The van der Waals surface area contributed by atoms with Gasteiger partial charge in [-0.25, -0.2) is 13.4 Å². The van der Waals surface area contributed by atoms with Gasteiger partial charge in [0.2, 0.25) is 9.84 Å². The Hall–Kier alpha value is -2.66. The maximum absolute atomic E-state index is 12.7. The summed E-state index contributed by atoms with van der Waals surface area (Å²) >= 11 is 0. The SMILES string of the molecule is CO[C@H]1CCC[C@@H]1NC(=O)c1ncc(S(=O)(=O)c2ccc(C(F)(F)F)cc2)cc1N. The number of alkyl halides is 3. The molecular weight excluding hydrogens is 423 g/mol. The van der Waals surface area contributed by atoms with E-state index in [9.17, 15) is 26.4 Å². The fraction of sp³-hybridized carbons (Fsp3) is 0.368. The highest BCUT2D eigenvalue weighted by molar-refractivity contribution is 7.91. The number of nitrogens with one attached hydrogen (secondary N) is 1. The zero-order chi connectivity index (χ0) is 22.1. The maximum Gasteiger partial charge on any atom is 0.416 e. The van der Waals surface area contributed by atoms with Crippen LogP contribution in [-0.4, -0.2) is 38.6 Å². The van der Waals surface area contributed by atoms with Gasteiger partial charge in [-0.3, -0.25) is 4.79 Å². The van der Waals surface area contributed by atoms with Gasteiger partial charge in [0.25, 0.3) is 5.91 Å². The van der Waals surface area contributed by atoms with Gasteiger partial charge in [0.1, 0.15) is 0 Å². The minimum absolute atomic E-state index is 0.116. The number of amides is 1. The van der Waals surface area contributed by atoms with Crippen LogP contribution >= 0.6 is 0 Å². The number of aromatic nitrogens is 1. The van der Waals surface area contributed by atoms with Crippen molar-refractivity contribution in [2.75, 3.05) is 12.8 Å². The lowest BCUT2D eigenvalue weighted by atomic mass is 10.2. The molecule has 1 heterocycles. The van der Waals surface area contributed by atoms with Gasteiger partial charge >= 0.3 is 6.18 Å². The Labute approximate surface area is 171 Å². The van der Waals surface area contributed by atoms with E-state index in [4.69, 9.17) is 10.5 Å². The largest absolute Gasteiger partial charge is 0.416 e. The summed E-state index contributed by atoms with van der Waals surface area (Å²) in [6, 6.07) is 3.95. The van der Waals surface area contributed by atoms with Crippen molar-refractivity contribution < 1.29 is 31.1 Å². The number of carbonyl (C=O) groups is 1. The van der Waals surface area contributed by atoms with E-state index >= 15 is 0 Å². The lowest BCUT2D eigenvalue weighted by molar-refractivity contribution is -0.137. The third-order valence-electron chi connectivity index (χ3n) is 4.98. The second-order valence-electron chi connectivity index (χ2n) is 6.92. The highest BCUT2D eigenvalue weighted by Gasteiger charge is 2.32. The second kappa shape index (κ2) is 8.23. The van der Waals surface area contributed by atoms with E-state index in [1.54, 1.807) is 7.11 Å². The van der Waals surface area contributed by atoms with Gasteiger partial charge < -0.3 is 15.8 Å². The number of ether oxygens (including phenoxy) is 1. The van der Waals surface area contributed by atoms with Gasteiger partial charge in [0.05, 0.1) is 33.2 Å². The number of methoxy groups -OCH3 is 1. The van der Waals surface area contributed by atoms with E-state index in [0.29, 0.717) is 12.1 Å². The first-order valence-electron chi connectivity index (χ1n) is 9.05. The zero-order valence-corrected chi connectivity index (χ0v) is 16.8. The molecule has 2 atom stereocenters. The molecule has 1 aliphatic rings. The smallest absolute Gasteiger partial charge is 0.397 e. The first-order chi connectivity index (χ1) is 14.0. The molecular formula is C19H20F3N3O4S. The Kier molecular flexibility index (Phi) is 6.04. The van der Waals surface area contributed by atoms with Crippen molar-refractivity contribution >= 4 is 21.4 Å². The van der Waals surface area contributed by atoms with E-state index in [2.05, 4.69) is 10.3 Å². The summed E-state index contributed by atoms with van der Waals surface area (Å²) in [6.07, 6.45) is -1.28. The molecule has 1 saturated carbocycles. The van der Waals surface area contributed by atoms with E-state index < -0.39 is 27.5 Å². The molecule has 0 aliphatic heterocycles. The van der Waals surface area contributed by atoms with Crippen LogP contribution in [0.15, 0.2) is 46.3 Å². The Morgan fingerprint density at radius 1 is 1.20 bits per heavy atom. The number of halogens is 3. The Balaban J connectivity index is 1.82. The first-order valence-corrected chi connectivity index (χ1v) is 10.5. The topological polar surface area (TPSA) is 111 Å². The second-order valence-corrected chi connectivity index (χ2v) is 8.87. The predicted octanol–water partition coefficient (Wildman–Crippen LogP) is 2.81. The maximum atomic E-state index is 12.7. The summed E-state index contributed by atoms with van der Waals surface area (Å²) in [5, 5.41) is 2.78. The van der Waals surface area contributed by atoms with Crippen LogP contribution in [0.25, 0.3) is 0 Å². The van der Waals surface area contributed by atoms with E-state index in [-0.39, 0.29) is 33.3 Å². The summed E-state index contributed by atoms with van der Waals surface area (Å²) in [5.41, 5.74) is 4.59. The molecule has 1 amide bonds. The van der Waals surface area contributed by atoms with Crippen LogP contribution < -0.4 is 11.1 Å². The molecule has 2 aromatic rings. The molecule has 1 fully saturated rings. The lowest BCUT2D eigenvalue weighted by Crippen LogP contribution is -2.41. The van der Waals surface area contributed by atoms with Crippen molar-refractivity contribution in [2.45, 2.75) is 47.4 Å². The van der Waals surface area contributed by atoms with Crippen molar-refractivity contribution in [1.82, 2.24) is 10.3 Å². The Morgan fingerprint density at radius 3 is 2.43 bits per heavy atom. The van der Waals surface area contributed by atoms with Gasteiger partial charge in [-0.1, -0.05) is 0 Å². The molecule has 1 aromatic carbocycles. The summed E-state index contributed by atoms with van der Waals surface area (Å²) in [4.78, 5) is 15.7. The Bertz CT molecular complexity index is 1040. The summed E-state index contributed by atoms with van der Waals surface area (Å²) in [6.45, 7) is 0. The highest BCUT2D eigenvalue weighted by atomic mass is 32.2. The van der Waals surface area contributed by atoms with Crippen LogP contribution in [0, 0.1) is 0 Å². The molecule has 11 heteroatoms. The van der Waals surface area contributed by atoms with Gasteiger partial charge in [-0.2, -0.15) is 13.2 Å². The van der Waals surface area contributed by atoms with Crippen molar-refractivity contribution in [2.24, 2.45) is 0 Å². The molecule has 7 nitrogen and oxygen atoms in total. The third-order valence-corrected chi connectivity index (χ3v) is 6.72. The molecule has 0 saturated heterocycles. The molecule has 1 aromatic heterocycles. The molecule has 0 radical (unpaired) electrons. The number of nitrogen functional groups attached to an aromatic ring is 1. The van der Waals surface area contributed by atoms with Gasteiger partial charge in [-0.05, 0) is 49.6 Å². The van der Waals surface area contributed by atoms with Gasteiger partial charge in [0, 0.05) is 13.3 Å². The number of hydrogen-bond donors (Lipinski definition) is 2. The molecule has 0 spiro atoms. The molecule has 0 bridgehead atoms. The normalized spacial score (nSPS) is 19.6. The van der Waals surface area contributed by atoms with Crippen LogP contribution in [0.4, 0.5) is 18.9 Å². The number of sulfone groups is 1. The molecule has 0 unspecified atom stereocenters. The molecule has 3 N–H and O–H groups in total. The third kappa shape index (κ3) is 4.41. The summed E-state index contributed by atoms with van der Waals surface area (Å²) in [7, 11) is -2.60. The first kappa shape index (κ1) is 22.0. The quantitative estimate of drug-likeness (QED) is 0.735. The highest BCUT2D eigenvalue weighted by Crippen LogP contribution is 2.31. The number of rotatable bonds is 5. The fourth-order valence-electron chi connectivity index (χ4n) is 3.37. The van der Waals surface area contributed by atoms with Crippen LogP contribution in [0.5, 0.6) is 0 Å². The van der Waals surface area contributed by atoms with Crippen molar-refractivity contribution in [3.63, 3.8) is 0 Å². The predicted molar refractivity (Wildman–Crippen MR) is 101 cm³/mol. The Morgan fingerprint density at radius 2 is 1.87 bits per heavy atom. The van der Waals surface area contributed by atoms with Crippen molar-refractivity contribution in [1.29, 1.82) is 0 Å². The van der Waals surface area contributed by atoms with E-state index in [0.717, 1.165) is 43.7 Å². The van der Waals surface area contributed by atoms with Crippen LogP contribution in [-0.2, 0) is 20.8 Å². The number of hydrogen-bond acceptors (Lipinski definition) is 6. The van der Waals surface area contributed by atoms with Crippen LogP contribution in [0.3, 0.4) is 0 Å². The monoisotopic (exact) mass is 443 g/mol. The standard InChI is InChI=1S/C19H20F3N3O4S/c1-29-16-4-2-3-15(16)25-18(26)17-14(23)9-13(10-24-17)30(27,28)12-7-5-11(6-8-12)19(20,21)22/h5-10,15-16H,2-4,23H2,1H3,(H,25,26)/t15-,16-/m0/s1. The number of nitrogens with zero attached hydrogens (tertiary/aromatic N) is 1. The molecule has 30 heavy (non-hydrogen) atoms. The number of benzene rings is 1. The average Bonchev–Trinajstić information content (AvgIpc) is 3.14. The molecule has 1 aliphatic carbocycles. The van der Waals surface area contributed by atoms with Crippen LogP contribution in [0.1, 0.15) is 35.3 Å². The summed E-state index contributed by atoms with van der Waals surface area (Å²) in [5.74, 6) is -0.556.